The van der Waals surface area contributed by atoms with E-state index in [-0.39, 0.29) is 17.6 Å². The van der Waals surface area contributed by atoms with Crippen LogP contribution in [0.5, 0.6) is 0 Å². The highest BCUT2D eigenvalue weighted by Gasteiger charge is 2.18. The van der Waals surface area contributed by atoms with Gasteiger partial charge in [0.25, 0.3) is 5.69 Å². The second-order valence-electron chi connectivity index (χ2n) is 5.76. The van der Waals surface area contributed by atoms with Crippen LogP contribution < -0.4 is 5.32 Å². The van der Waals surface area contributed by atoms with Crippen molar-refractivity contribution in [2.75, 3.05) is 6.54 Å². The number of non-ortho nitro benzene ring substituents is 1. The fourth-order valence-electron chi connectivity index (χ4n) is 2.15. The Morgan fingerprint density at radius 2 is 2.20 bits per heavy atom. The van der Waals surface area contributed by atoms with E-state index >= 15 is 0 Å². The summed E-state index contributed by atoms with van der Waals surface area (Å²) in [5, 5.41) is 22.7. The normalized spacial score (nSPS) is 10.7. The number of aromatic nitrogens is 2. The number of nitro benzene ring substituents is 1. The third-order valence-electron chi connectivity index (χ3n) is 3.49. The van der Waals surface area contributed by atoms with Gasteiger partial charge < -0.3 is 14.6 Å². The third-order valence-corrected chi connectivity index (χ3v) is 3.87. The number of rotatable bonds is 7. The number of hydrogen-bond acceptors (Lipinski definition) is 6. The number of nitro groups is 1. The molecule has 2 aromatic rings. The first-order valence-electron chi connectivity index (χ1n) is 8.04. The molecule has 0 amide bonds. The SMILES string of the molecule is CCCNC(=S)N(Cc1nnc(-c2cccc([N+](=O)[O-])c2)o1)C(C)C. The molecule has 0 bridgehead atoms. The lowest BCUT2D eigenvalue weighted by Gasteiger charge is -2.28. The van der Waals surface area contributed by atoms with Crippen molar-refractivity contribution in [1.29, 1.82) is 0 Å². The zero-order valence-corrected chi connectivity index (χ0v) is 15.2. The van der Waals surface area contributed by atoms with Crippen LogP contribution in [0.4, 0.5) is 5.69 Å². The average molecular weight is 363 g/mol. The Morgan fingerprint density at radius 1 is 1.44 bits per heavy atom. The largest absolute Gasteiger partial charge is 0.419 e. The van der Waals surface area contributed by atoms with Crippen LogP contribution in [-0.2, 0) is 6.54 Å². The molecule has 0 unspecified atom stereocenters. The Kier molecular flexibility index (Phi) is 6.40. The molecule has 1 heterocycles. The summed E-state index contributed by atoms with van der Waals surface area (Å²) < 4.78 is 5.67. The van der Waals surface area contributed by atoms with Crippen molar-refractivity contribution < 1.29 is 9.34 Å². The summed E-state index contributed by atoms with van der Waals surface area (Å²) >= 11 is 5.41. The predicted molar refractivity (Wildman–Crippen MR) is 98.0 cm³/mol. The molecule has 2 rings (SSSR count). The highest BCUT2D eigenvalue weighted by molar-refractivity contribution is 7.80. The minimum absolute atomic E-state index is 0.0222. The zero-order chi connectivity index (χ0) is 18.4. The maximum atomic E-state index is 10.9. The van der Waals surface area contributed by atoms with Gasteiger partial charge in [-0.1, -0.05) is 13.0 Å². The molecule has 1 aromatic carbocycles. The lowest BCUT2D eigenvalue weighted by Crippen LogP contribution is -2.43. The molecular formula is C16H21N5O3S. The summed E-state index contributed by atoms with van der Waals surface area (Å²) in [5.41, 5.74) is 0.488. The Bertz CT molecular complexity index is 747. The first kappa shape index (κ1) is 18.8. The molecule has 0 aliphatic rings. The van der Waals surface area contributed by atoms with E-state index in [1.54, 1.807) is 12.1 Å². The molecular weight excluding hydrogens is 342 g/mol. The van der Waals surface area contributed by atoms with Crippen LogP contribution in [0.25, 0.3) is 11.5 Å². The van der Waals surface area contributed by atoms with Gasteiger partial charge in [0, 0.05) is 30.3 Å². The minimum atomic E-state index is -0.459. The summed E-state index contributed by atoms with van der Waals surface area (Å²) in [7, 11) is 0. The van der Waals surface area contributed by atoms with Crippen LogP contribution in [-0.4, -0.2) is 37.7 Å². The molecule has 1 N–H and O–H groups in total. The van der Waals surface area contributed by atoms with E-state index in [2.05, 4.69) is 22.4 Å². The van der Waals surface area contributed by atoms with E-state index < -0.39 is 4.92 Å². The number of thiocarbonyl (C=S) groups is 1. The van der Waals surface area contributed by atoms with Crippen molar-refractivity contribution >= 4 is 23.0 Å². The zero-order valence-electron chi connectivity index (χ0n) is 14.4. The fraction of sp³-hybridized carbons (Fsp3) is 0.438. The molecule has 0 saturated heterocycles. The molecule has 0 spiro atoms. The first-order valence-corrected chi connectivity index (χ1v) is 8.44. The Labute approximate surface area is 151 Å². The first-order chi connectivity index (χ1) is 11.9. The molecule has 0 atom stereocenters. The number of benzene rings is 1. The Balaban J connectivity index is 2.15. The molecule has 0 fully saturated rings. The van der Waals surface area contributed by atoms with Gasteiger partial charge in [0.05, 0.1) is 11.5 Å². The third kappa shape index (κ3) is 4.96. The second-order valence-corrected chi connectivity index (χ2v) is 6.15. The standard InChI is InChI=1S/C16H21N5O3S/c1-4-8-17-16(25)20(11(2)3)10-14-18-19-15(24-14)12-6-5-7-13(9-12)21(22)23/h5-7,9,11H,4,8,10H2,1-3H3,(H,17,25). The van der Waals surface area contributed by atoms with E-state index in [0.717, 1.165) is 13.0 Å². The van der Waals surface area contributed by atoms with Gasteiger partial charge in [0.2, 0.25) is 11.8 Å². The maximum absolute atomic E-state index is 10.9. The molecule has 0 radical (unpaired) electrons. The van der Waals surface area contributed by atoms with Gasteiger partial charge in [-0.05, 0) is 38.6 Å². The van der Waals surface area contributed by atoms with Gasteiger partial charge in [-0.15, -0.1) is 10.2 Å². The molecule has 1 aromatic heterocycles. The predicted octanol–water partition coefficient (Wildman–Crippen LogP) is 3.14. The van der Waals surface area contributed by atoms with Gasteiger partial charge in [-0.3, -0.25) is 10.1 Å². The van der Waals surface area contributed by atoms with Crippen molar-refractivity contribution in [2.24, 2.45) is 0 Å². The van der Waals surface area contributed by atoms with Crippen LogP contribution >= 0.6 is 12.2 Å². The topological polar surface area (TPSA) is 97.3 Å². The summed E-state index contributed by atoms with van der Waals surface area (Å²) in [6.07, 6.45) is 0.976. The highest BCUT2D eigenvalue weighted by Crippen LogP contribution is 2.23. The van der Waals surface area contributed by atoms with Crippen LogP contribution in [0.15, 0.2) is 28.7 Å². The van der Waals surface area contributed by atoms with Gasteiger partial charge in [0.15, 0.2) is 5.11 Å². The van der Waals surface area contributed by atoms with Crippen LogP contribution in [0, 0.1) is 10.1 Å². The molecule has 0 aliphatic carbocycles. The highest BCUT2D eigenvalue weighted by atomic mass is 32.1. The van der Waals surface area contributed by atoms with E-state index in [4.69, 9.17) is 16.6 Å². The fourth-order valence-corrected chi connectivity index (χ4v) is 2.53. The average Bonchev–Trinajstić information content (AvgIpc) is 3.06. The van der Waals surface area contributed by atoms with Crippen LogP contribution in [0.3, 0.4) is 0 Å². The van der Waals surface area contributed by atoms with E-state index in [1.807, 2.05) is 18.7 Å². The Hall–Kier alpha value is -2.55. The summed E-state index contributed by atoms with van der Waals surface area (Å²) in [6.45, 7) is 7.29. The van der Waals surface area contributed by atoms with E-state index in [1.165, 1.54) is 12.1 Å². The lowest BCUT2D eigenvalue weighted by molar-refractivity contribution is -0.384. The van der Waals surface area contributed by atoms with Crippen molar-refractivity contribution in [3.05, 3.63) is 40.3 Å². The number of nitrogens with one attached hydrogen (secondary N) is 1. The Morgan fingerprint density at radius 3 is 2.84 bits per heavy atom. The van der Waals surface area contributed by atoms with Gasteiger partial charge in [0.1, 0.15) is 0 Å². The number of nitrogens with zero attached hydrogens (tertiary/aromatic N) is 4. The van der Waals surface area contributed by atoms with Crippen LogP contribution in [0.1, 0.15) is 33.1 Å². The van der Waals surface area contributed by atoms with Crippen molar-refractivity contribution in [3.63, 3.8) is 0 Å². The molecule has 25 heavy (non-hydrogen) atoms. The monoisotopic (exact) mass is 363 g/mol. The van der Waals surface area contributed by atoms with Crippen molar-refractivity contribution in [2.45, 2.75) is 39.8 Å². The molecule has 8 nitrogen and oxygen atoms in total. The molecule has 0 saturated carbocycles. The summed E-state index contributed by atoms with van der Waals surface area (Å²) in [6, 6.07) is 6.26. The molecule has 134 valence electrons. The van der Waals surface area contributed by atoms with Gasteiger partial charge in [-0.25, -0.2) is 0 Å². The molecule has 0 aliphatic heterocycles. The van der Waals surface area contributed by atoms with Crippen molar-refractivity contribution in [3.8, 4) is 11.5 Å². The maximum Gasteiger partial charge on any atom is 0.270 e. The number of hydrogen-bond donors (Lipinski definition) is 1. The minimum Gasteiger partial charge on any atom is -0.419 e. The van der Waals surface area contributed by atoms with Gasteiger partial charge >= 0.3 is 0 Å². The molecule has 9 heteroatoms. The lowest BCUT2D eigenvalue weighted by atomic mass is 10.2. The van der Waals surface area contributed by atoms with E-state index in [9.17, 15) is 10.1 Å². The smallest absolute Gasteiger partial charge is 0.270 e. The van der Waals surface area contributed by atoms with Gasteiger partial charge in [-0.2, -0.15) is 0 Å². The van der Waals surface area contributed by atoms with E-state index in [0.29, 0.717) is 23.1 Å². The summed E-state index contributed by atoms with van der Waals surface area (Å²) in [5.74, 6) is 0.644. The second kappa shape index (κ2) is 8.52. The van der Waals surface area contributed by atoms with Crippen LogP contribution in [0.2, 0.25) is 0 Å². The quantitative estimate of drug-likeness (QED) is 0.455. The summed E-state index contributed by atoms with van der Waals surface area (Å²) in [4.78, 5) is 12.4. The van der Waals surface area contributed by atoms with Crippen molar-refractivity contribution in [1.82, 2.24) is 20.4 Å².